The molecule has 0 bridgehead atoms. The lowest BCUT2D eigenvalue weighted by molar-refractivity contribution is -0.137. The second kappa shape index (κ2) is 4.19. The Bertz CT molecular complexity index is 322. The van der Waals surface area contributed by atoms with Crippen LogP contribution in [0.4, 0.5) is 13.2 Å². The summed E-state index contributed by atoms with van der Waals surface area (Å²) in [6, 6.07) is 3.89. The average Bonchev–Trinajstić information content (AvgIpc) is 2.07. The first-order valence-electron chi connectivity index (χ1n) is 3.96. The zero-order valence-electron chi connectivity index (χ0n) is 7.45. The van der Waals surface area contributed by atoms with E-state index in [1.165, 1.54) is 6.07 Å². The molecule has 0 saturated heterocycles. The van der Waals surface area contributed by atoms with Crippen LogP contribution in [0.1, 0.15) is 11.1 Å². The van der Waals surface area contributed by atoms with E-state index in [0.717, 1.165) is 6.07 Å². The van der Waals surface area contributed by atoms with E-state index >= 15 is 0 Å². The molecule has 5 heteroatoms. The Balaban J connectivity index is 3.14. The number of hydrogen-bond donors (Lipinski definition) is 1. The molecular formula is C9H9ClF3N. The van der Waals surface area contributed by atoms with E-state index in [9.17, 15) is 13.2 Å². The molecule has 78 valence electrons. The highest BCUT2D eigenvalue weighted by Crippen LogP contribution is 2.35. The number of benzene rings is 1. The van der Waals surface area contributed by atoms with Crippen LogP contribution < -0.4 is 5.32 Å². The van der Waals surface area contributed by atoms with Crippen LogP contribution in [0.25, 0.3) is 0 Å². The van der Waals surface area contributed by atoms with Crippen LogP contribution in [-0.2, 0) is 12.7 Å². The van der Waals surface area contributed by atoms with Gasteiger partial charge in [-0.2, -0.15) is 13.2 Å². The van der Waals surface area contributed by atoms with Gasteiger partial charge in [0.1, 0.15) is 0 Å². The first kappa shape index (κ1) is 11.3. The third-order valence-electron chi connectivity index (χ3n) is 1.75. The van der Waals surface area contributed by atoms with Crippen LogP contribution in [0.15, 0.2) is 18.2 Å². The predicted molar refractivity (Wildman–Crippen MR) is 49.2 cm³/mol. The van der Waals surface area contributed by atoms with Gasteiger partial charge in [0, 0.05) is 6.54 Å². The first-order chi connectivity index (χ1) is 6.46. The molecule has 14 heavy (non-hydrogen) atoms. The quantitative estimate of drug-likeness (QED) is 0.813. The molecular weight excluding hydrogens is 215 g/mol. The van der Waals surface area contributed by atoms with Gasteiger partial charge in [-0.3, -0.25) is 0 Å². The van der Waals surface area contributed by atoms with Crippen molar-refractivity contribution in [2.45, 2.75) is 12.7 Å². The fourth-order valence-electron chi connectivity index (χ4n) is 1.13. The van der Waals surface area contributed by atoms with Crippen molar-refractivity contribution in [1.29, 1.82) is 0 Å². The fraction of sp³-hybridized carbons (Fsp3) is 0.333. The van der Waals surface area contributed by atoms with E-state index in [1.807, 2.05) is 0 Å². The zero-order valence-corrected chi connectivity index (χ0v) is 8.21. The molecule has 0 saturated carbocycles. The van der Waals surface area contributed by atoms with Gasteiger partial charge in [-0.05, 0) is 18.7 Å². The number of halogens is 4. The minimum absolute atomic E-state index is 0.227. The highest BCUT2D eigenvalue weighted by molar-refractivity contribution is 6.32. The second-order valence-electron chi connectivity index (χ2n) is 2.81. The normalized spacial score (nSPS) is 11.8. The lowest BCUT2D eigenvalue weighted by Crippen LogP contribution is -2.10. The molecule has 1 N–H and O–H groups in total. The Hall–Kier alpha value is -0.740. The van der Waals surface area contributed by atoms with Crippen molar-refractivity contribution < 1.29 is 13.2 Å². The van der Waals surface area contributed by atoms with Gasteiger partial charge in [-0.25, -0.2) is 0 Å². The Labute approximate surface area is 84.9 Å². The van der Waals surface area contributed by atoms with Crippen LogP contribution in [-0.4, -0.2) is 7.05 Å². The van der Waals surface area contributed by atoms with Gasteiger partial charge >= 0.3 is 6.18 Å². The van der Waals surface area contributed by atoms with Gasteiger partial charge in [0.05, 0.1) is 10.6 Å². The maximum Gasteiger partial charge on any atom is 0.417 e. The molecule has 1 aromatic carbocycles. The lowest BCUT2D eigenvalue weighted by atomic mass is 10.1. The van der Waals surface area contributed by atoms with Crippen LogP contribution in [0, 0.1) is 0 Å². The number of rotatable bonds is 2. The van der Waals surface area contributed by atoms with Crippen LogP contribution in [0.2, 0.25) is 5.02 Å². The minimum Gasteiger partial charge on any atom is -0.316 e. The summed E-state index contributed by atoms with van der Waals surface area (Å²) >= 11 is 5.61. The number of alkyl halides is 3. The molecule has 0 atom stereocenters. The fourth-order valence-corrected chi connectivity index (χ4v) is 1.43. The third kappa shape index (κ3) is 2.39. The maximum atomic E-state index is 12.4. The van der Waals surface area contributed by atoms with Crippen molar-refractivity contribution >= 4 is 11.6 Å². The molecule has 0 aliphatic rings. The minimum atomic E-state index is -4.39. The molecule has 0 aromatic heterocycles. The Morgan fingerprint density at radius 3 is 2.50 bits per heavy atom. The summed E-state index contributed by atoms with van der Waals surface area (Å²) in [5, 5.41) is 2.52. The van der Waals surface area contributed by atoms with Crippen LogP contribution in [0.5, 0.6) is 0 Å². The Morgan fingerprint density at radius 2 is 2.00 bits per heavy atom. The molecule has 0 radical (unpaired) electrons. The molecule has 0 aliphatic carbocycles. The molecule has 0 heterocycles. The highest BCUT2D eigenvalue weighted by atomic mass is 35.5. The van der Waals surface area contributed by atoms with E-state index in [1.54, 1.807) is 13.1 Å². The third-order valence-corrected chi connectivity index (χ3v) is 2.20. The van der Waals surface area contributed by atoms with Crippen molar-refractivity contribution in [3.05, 3.63) is 34.3 Å². The van der Waals surface area contributed by atoms with Crippen LogP contribution >= 0.6 is 11.6 Å². The zero-order chi connectivity index (χ0) is 10.8. The van der Waals surface area contributed by atoms with E-state index < -0.39 is 11.7 Å². The number of nitrogens with one attached hydrogen (secondary N) is 1. The molecule has 0 aliphatic heterocycles. The largest absolute Gasteiger partial charge is 0.417 e. The summed E-state index contributed by atoms with van der Waals surface area (Å²) < 4.78 is 37.1. The number of hydrogen-bond acceptors (Lipinski definition) is 1. The standard InChI is InChI=1S/C9H9ClF3N/c1-14-5-6-3-2-4-7(8(6)10)9(11,12)13/h2-4,14H,5H2,1H3. The summed E-state index contributed by atoms with van der Waals surface area (Å²) in [5.74, 6) is 0. The van der Waals surface area contributed by atoms with Crippen molar-refractivity contribution in [1.82, 2.24) is 5.32 Å². The van der Waals surface area contributed by atoms with E-state index in [-0.39, 0.29) is 5.02 Å². The van der Waals surface area contributed by atoms with Gasteiger partial charge in [-0.15, -0.1) is 0 Å². The summed E-state index contributed by atoms with van der Waals surface area (Å²) in [6.45, 7) is 0.322. The van der Waals surface area contributed by atoms with Gasteiger partial charge < -0.3 is 5.32 Å². The van der Waals surface area contributed by atoms with Gasteiger partial charge in [0.15, 0.2) is 0 Å². The monoisotopic (exact) mass is 223 g/mol. The highest BCUT2D eigenvalue weighted by Gasteiger charge is 2.33. The first-order valence-corrected chi connectivity index (χ1v) is 4.34. The maximum absolute atomic E-state index is 12.4. The summed E-state index contributed by atoms with van der Waals surface area (Å²) in [7, 11) is 1.65. The molecule has 0 unspecified atom stereocenters. The van der Waals surface area contributed by atoms with Crippen LogP contribution in [0.3, 0.4) is 0 Å². The topological polar surface area (TPSA) is 12.0 Å². The van der Waals surface area contributed by atoms with Crippen molar-refractivity contribution in [2.75, 3.05) is 7.05 Å². The Morgan fingerprint density at radius 1 is 1.36 bits per heavy atom. The molecule has 0 fully saturated rings. The van der Waals surface area contributed by atoms with Gasteiger partial charge in [-0.1, -0.05) is 23.7 Å². The predicted octanol–water partition coefficient (Wildman–Crippen LogP) is 3.08. The van der Waals surface area contributed by atoms with E-state index in [2.05, 4.69) is 5.32 Å². The molecule has 1 rings (SSSR count). The second-order valence-corrected chi connectivity index (χ2v) is 3.18. The molecule has 1 nitrogen and oxygen atoms in total. The summed E-state index contributed by atoms with van der Waals surface area (Å²) in [6.07, 6.45) is -4.39. The molecule has 0 spiro atoms. The average molecular weight is 224 g/mol. The van der Waals surface area contributed by atoms with Gasteiger partial charge in [0.2, 0.25) is 0 Å². The van der Waals surface area contributed by atoms with Crippen molar-refractivity contribution in [2.24, 2.45) is 0 Å². The lowest BCUT2D eigenvalue weighted by Gasteiger charge is -2.11. The van der Waals surface area contributed by atoms with E-state index in [4.69, 9.17) is 11.6 Å². The molecule has 1 aromatic rings. The molecule has 0 amide bonds. The van der Waals surface area contributed by atoms with Crippen molar-refractivity contribution in [3.63, 3.8) is 0 Å². The smallest absolute Gasteiger partial charge is 0.316 e. The summed E-state index contributed by atoms with van der Waals surface area (Å²) in [5.41, 5.74) is -0.337. The Kier molecular flexibility index (Phi) is 3.39. The van der Waals surface area contributed by atoms with E-state index in [0.29, 0.717) is 12.1 Å². The SMILES string of the molecule is CNCc1cccc(C(F)(F)F)c1Cl. The summed E-state index contributed by atoms with van der Waals surface area (Å²) in [4.78, 5) is 0. The van der Waals surface area contributed by atoms with Gasteiger partial charge in [0.25, 0.3) is 0 Å². The van der Waals surface area contributed by atoms with Crippen molar-refractivity contribution in [3.8, 4) is 0 Å².